The van der Waals surface area contributed by atoms with Gasteiger partial charge in [-0.1, -0.05) is 12.1 Å². The molecule has 4 heterocycles. The Kier molecular flexibility index (Phi) is 5.79. The summed E-state index contributed by atoms with van der Waals surface area (Å²) in [7, 11) is 0. The number of nitrogens with one attached hydrogen (secondary N) is 1. The molecule has 0 bridgehead atoms. The zero-order valence-corrected chi connectivity index (χ0v) is 19.3. The molecule has 1 aliphatic rings. The molecule has 1 aliphatic heterocycles. The van der Waals surface area contributed by atoms with Crippen molar-refractivity contribution in [3.8, 4) is 11.6 Å². The van der Waals surface area contributed by atoms with E-state index in [2.05, 4.69) is 30.8 Å². The van der Waals surface area contributed by atoms with E-state index < -0.39 is 0 Å². The number of hydrogen-bond donors (Lipinski definition) is 1. The predicted octanol–water partition coefficient (Wildman–Crippen LogP) is 5.23. The van der Waals surface area contributed by atoms with Gasteiger partial charge >= 0.3 is 0 Å². The molecule has 1 aromatic carbocycles. The molecule has 7 heteroatoms. The maximum Gasteiger partial charge on any atom is 0.174 e. The number of rotatable bonds is 6. The topological polar surface area (TPSA) is 55.2 Å². The largest absolute Gasteiger partial charge is 0.491 e. The lowest BCUT2D eigenvalue weighted by atomic mass is 10.0. The number of benzene rings is 1. The van der Waals surface area contributed by atoms with Gasteiger partial charge in [0.05, 0.1) is 17.8 Å². The Morgan fingerprint density at radius 2 is 1.67 bits per heavy atom. The quantitative estimate of drug-likeness (QED) is 0.402. The van der Waals surface area contributed by atoms with Gasteiger partial charge in [-0.05, 0) is 86.7 Å². The molecule has 0 saturated carbocycles. The summed E-state index contributed by atoms with van der Waals surface area (Å²) in [6.45, 7) is 4.04. The number of anilines is 1. The summed E-state index contributed by atoms with van der Waals surface area (Å²) >= 11 is 5.84. The highest BCUT2D eigenvalue weighted by Crippen LogP contribution is 2.42. The highest BCUT2D eigenvalue weighted by molar-refractivity contribution is 7.80. The van der Waals surface area contributed by atoms with Crippen molar-refractivity contribution in [2.45, 2.75) is 32.0 Å². The molecule has 166 valence electrons. The van der Waals surface area contributed by atoms with Gasteiger partial charge in [0.1, 0.15) is 17.6 Å². The van der Waals surface area contributed by atoms with Crippen LogP contribution in [0.15, 0.2) is 91.4 Å². The van der Waals surface area contributed by atoms with Crippen LogP contribution in [0.2, 0.25) is 0 Å². The smallest absolute Gasteiger partial charge is 0.174 e. The van der Waals surface area contributed by atoms with E-state index in [1.807, 2.05) is 93.0 Å². The molecule has 0 amide bonds. The minimum atomic E-state index is -0.124. The van der Waals surface area contributed by atoms with Crippen LogP contribution in [-0.4, -0.2) is 25.8 Å². The van der Waals surface area contributed by atoms with Gasteiger partial charge in [0.15, 0.2) is 5.11 Å². The molecular weight excluding hydrogens is 430 g/mol. The first-order chi connectivity index (χ1) is 16.1. The zero-order chi connectivity index (χ0) is 22.8. The summed E-state index contributed by atoms with van der Waals surface area (Å²) in [5, 5.41) is 4.17. The number of nitrogens with zero attached hydrogens (tertiary/aromatic N) is 4. The zero-order valence-electron chi connectivity index (χ0n) is 18.5. The van der Waals surface area contributed by atoms with Crippen LogP contribution in [0.3, 0.4) is 0 Å². The molecule has 0 spiro atoms. The third-order valence-electron chi connectivity index (χ3n) is 5.56. The Bertz CT molecular complexity index is 1220. The SMILES string of the molecule is CC(C)Oc1ccc(N2C(=S)N[C@H](c3ccccn3)[C@H]2c2cccn2-c2ccccn2)cc1. The number of ether oxygens (including phenoxy) is 1. The molecule has 33 heavy (non-hydrogen) atoms. The van der Waals surface area contributed by atoms with Crippen molar-refractivity contribution in [2.75, 3.05) is 4.90 Å². The summed E-state index contributed by atoms with van der Waals surface area (Å²) in [6.07, 6.45) is 5.77. The molecule has 0 radical (unpaired) electrons. The van der Waals surface area contributed by atoms with Crippen LogP contribution in [0.5, 0.6) is 5.75 Å². The minimum absolute atomic E-state index is 0.119. The molecule has 4 aromatic rings. The van der Waals surface area contributed by atoms with Crippen LogP contribution in [0.4, 0.5) is 5.69 Å². The van der Waals surface area contributed by atoms with Gasteiger partial charge in [0, 0.05) is 30.0 Å². The molecule has 0 unspecified atom stereocenters. The van der Waals surface area contributed by atoms with Gasteiger partial charge in [-0.2, -0.15) is 0 Å². The predicted molar refractivity (Wildman–Crippen MR) is 134 cm³/mol. The molecule has 5 rings (SSSR count). The van der Waals surface area contributed by atoms with Crippen LogP contribution < -0.4 is 15.0 Å². The lowest BCUT2D eigenvalue weighted by Crippen LogP contribution is -2.30. The van der Waals surface area contributed by atoms with E-state index in [1.165, 1.54) is 0 Å². The standard InChI is InChI=1S/C26H25N5OS/c1-18(2)32-20-13-11-19(12-14-20)31-25(24(29-26(31)33)21-8-3-5-15-27-21)22-9-7-17-30(22)23-10-4-6-16-28-23/h3-18,24-25H,1-2H3,(H,29,33)/t24-,25-/m1/s1. The van der Waals surface area contributed by atoms with Gasteiger partial charge in [-0.3, -0.25) is 4.98 Å². The van der Waals surface area contributed by atoms with Crippen molar-refractivity contribution in [1.82, 2.24) is 19.9 Å². The van der Waals surface area contributed by atoms with E-state index in [4.69, 9.17) is 17.0 Å². The molecule has 1 N–H and O–H groups in total. The van der Waals surface area contributed by atoms with Crippen LogP contribution in [0.25, 0.3) is 5.82 Å². The van der Waals surface area contributed by atoms with E-state index >= 15 is 0 Å². The van der Waals surface area contributed by atoms with Gasteiger partial charge in [0.2, 0.25) is 0 Å². The lowest BCUT2D eigenvalue weighted by Gasteiger charge is -2.29. The average molecular weight is 456 g/mol. The summed E-state index contributed by atoms with van der Waals surface area (Å²) in [4.78, 5) is 11.4. The van der Waals surface area contributed by atoms with Crippen LogP contribution in [-0.2, 0) is 0 Å². The van der Waals surface area contributed by atoms with Gasteiger partial charge in [-0.25, -0.2) is 4.98 Å². The Balaban J connectivity index is 1.60. The average Bonchev–Trinajstić information content (AvgIpc) is 3.45. The van der Waals surface area contributed by atoms with Crippen molar-refractivity contribution < 1.29 is 4.74 Å². The van der Waals surface area contributed by atoms with Crippen LogP contribution in [0, 0.1) is 0 Å². The second-order valence-electron chi connectivity index (χ2n) is 8.15. The molecular formula is C26H25N5OS. The Labute approximate surface area is 198 Å². The number of hydrogen-bond acceptors (Lipinski definition) is 4. The normalized spacial score (nSPS) is 17.9. The number of pyridine rings is 2. The van der Waals surface area contributed by atoms with E-state index in [9.17, 15) is 0 Å². The molecule has 1 saturated heterocycles. The van der Waals surface area contributed by atoms with Gasteiger partial charge in [0.25, 0.3) is 0 Å². The molecule has 2 atom stereocenters. The molecule has 3 aromatic heterocycles. The van der Waals surface area contributed by atoms with Gasteiger partial charge < -0.3 is 19.5 Å². The Hall–Kier alpha value is -3.71. The van der Waals surface area contributed by atoms with Crippen molar-refractivity contribution >= 4 is 23.0 Å². The van der Waals surface area contributed by atoms with Crippen molar-refractivity contribution in [2.24, 2.45) is 0 Å². The highest BCUT2D eigenvalue weighted by atomic mass is 32.1. The monoisotopic (exact) mass is 455 g/mol. The highest BCUT2D eigenvalue weighted by Gasteiger charge is 2.42. The Morgan fingerprint density at radius 1 is 0.909 bits per heavy atom. The summed E-state index contributed by atoms with van der Waals surface area (Å²) in [6, 6.07) is 23.9. The van der Waals surface area contributed by atoms with Crippen LogP contribution in [0.1, 0.15) is 37.3 Å². The fourth-order valence-electron chi connectivity index (χ4n) is 4.23. The second kappa shape index (κ2) is 9.03. The lowest BCUT2D eigenvalue weighted by molar-refractivity contribution is 0.242. The van der Waals surface area contributed by atoms with Crippen molar-refractivity contribution in [3.63, 3.8) is 0 Å². The second-order valence-corrected chi connectivity index (χ2v) is 8.53. The molecule has 1 fully saturated rings. The van der Waals surface area contributed by atoms with E-state index in [-0.39, 0.29) is 18.2 Å². The van der Waals surface area contributed by atoms with Crippen molar-refractivity contribution in [3.05, 3.63) is 103 Å². The first kappa shape index (κ1) is 21.2. The number of aromatic nitrogens is 3. The third-order valence-corrected chi connectivity index (χ3v) is 5.88. The fourth-order valence-corrected chi connectivity index (χ4v) is 4.58. The Morgan fingerprint density at radius 3 is 2.33 bits per heavy atom. The first-order valence-corrected chi connectivity index (χ1v) is 11.4. The maximum absolute atomic E-state index is 5.84. The first-order valence-electron chi connectivity index (χ1n) is 11.0. The van der Waals surface area contributed by atoms with Crippen LogP contribution >= 0.6 is 12.2 Å². The minimum Gasteiger partial charge on any atom is -0.491 e. The summed E-state index contributed by atoms with van der Waals surface area (Å²) in [5.74, 6) is 1.69. The van der Waals surface area contributed by atoms with E-state index in [1.54, 1.807) is 6.20 Å². The van der Waals surface area contributed by atoms with Gasteiger partial charge in [-0.15, -0.1) is 0 Å². The summed E-state index contributed by atoms with van der Waals surface area (Å²) in [5.41, 5.74) is 2.99. The number of thiocarbonyl (C=S) groups is 1. The summed E-state index contributed by atoms with van der Waals surface area (Å²) < 4.78 is 7.95. The fraction of sp³-hybridized carbons (Fsp3) is 0.192. The molecule has 6 nitrogen and oxygen atoms in total. The maximum atomic E-state index is 5.84. The van der Waals surface area contributed by atoms with E-state index in [0.29, 0.717) is 5.11 Å². The molecule has 0 aliphatic carbocycles. The van der Waals surface area contributed by atoms with Crippen molar-refractivity contribution in [1.29, 1.82) is 0 Å². The van der Waals surface area contributed by atoms with E-state index in [0.717, 1.165) is 28.6 Å². The third kappa shape index (κ3) is 4.19.